The van der Waals surface area contributed by atoms with Crippen LogP contribution in [0.4, 0.5) is 0 Å². The highest BCUT2D eigenvalue weighted by atomic mass is 127. The lowest BCUT2D eigenvalue weighted by atomic mass is 9.83. The fourth-order valence-corrected chi connectivity index (χ4v) is 6.49. The van der Waals surface area contributed by atoms with E-state index in [2.05, 4.69) is 141 Å². The van der Waals surface area contributed by atoms with Crippen LogP contribution < -0.4 is 5.46 Å². The van der Waals surface area contributed by atoms with Crippen molar-refractivity contribution in [3.8, 4) is 11.4 Å². The molecule has 0 aliphatic carbocycles. The lowest BCUT2D eigenvalue weighted by Gasteiger charge is -2.04. The van der Waals surface area contributed by atoms with Gasteiger partial charge in [0.05, 0.1) is 16.4 Å². The zero-order valence-corrected chi connectivity index (χ0v) is 39.7. The second kappa shape index (κ2) is 22.5. The van der Waals surface area contributed by atoms with E-state index >= 15 is 0 Å². The molecule has 0 bridgehead atoms. The van der Waals surface area contributed by atoms with Gasteiger partial charge in [0.25, 0.3) is 0 Å². The Hall–Kier alpha value is -4.32. The van der Waals surface area contributed by atoms with Crippen LogP contribution in [0.15, 0.2) is 67.0 Å². The molecule has 0 amide bonds. The predicted octanol–water partition coefficient (Wildman–Crippen LogP) is 5.68. The molecular formula is C33H29BBrCl3I2N18O2. The molecule has 9 heterocycles. The third kappa shape index (κ3) is 12.4. The smallest absolute Gasteiger partial charge is 0.423 e. The van der Waals surface area contributed by atoms with E-state index in [0.29, 0.717) is 48.9 Å². The molecule has 9 rings (SSSR count). The maximum Gasteiger partial charge on any atom is 0.491 e. The van der Waals surface area contributed by atoms with Crippen LogP contribution in [0.2, 0.25) is 15.5 Å². The van der Waals surface area contributed by atoms with Crippen molar-refractivity contribution >= 4 is 142 Å². The van der Waals surface area contributed by atoms with E-state index in [9.17, 15) is 0 Å². The lowest BCUT2D eigenvalue weighted by Crippen LogP contribution is -2.30. The summed E-state index contributed by atoms with van der Waals surface area (Å²) in [4.78, 5) is 63.1. The number of hydrogen-bond donors (Lipinski definition) is 3. The van der Waals surface area contributed by atoms with Gasteiger partial charge < -0.3 is 24.2 Å². The molecule has 3 N–H and O–H groups in total. The van der Waals surface area contributed by atoms with Crippen LogP contribution in [0.5, 0.6) is 0 Å². The third-order valence-corrected chi connectivity index (χ3v) is 10.1. The first-order valence-corrected chi connectivity index (χ1v) is 21.1. The maximum atomic E-state index is 8.59. The quantitative estimate of drug-likeness (QED) is 0.0629. The summed E-state index contributed by atoms with van der Waals surface area (Å²) < 4.78 is 6.53. The molecule has 0 radical (unpaired) electrons. The Morgan fingerprint density at radius 2 is 1.17 bits per heavy atom. The number of nitrogens with one attached hydrogen (secondary N) is 1. The second-order valence-corrected chi connectivity index (χ2v) is 15.3. The Kier molecular flexibility index (Phi) is 17.5. The Bertz CT molecular complexity index is 2760. The molecule has 20 nitrogen and oxygen atoms in total. The number of hydrogen-bond acceptors (Lipinski definition) is 17. The standard InChI is InChI=1S/C12H11ClN6.C7H6ClIN4.C5H7BN2O2.C5H3ClN4.C4H2BrIN2/c1-3-19-11(8-4-14-7(2)15-5-8)18-9-10(13)16-6-17-12(9)19;1-2-13-6-4(12-7(13)9)5(8)10-3-11-6;1-4-7-2-5(3-8-4)6(9)10;6-4-3-5(9-1-7-3)10-2-8-4;5-3-1-7-4(6)8-2-3/h4-6H,3H2,1-2H3;3H,2H2,1H3;2-3,9-10H,1H3;1-2H,(H,7,8,9,10);1-2H. The molecular weight excluding hydrogens is 1130 g/mol. The van der Waals surface area contributed by atoms with Crippen LogP contribution in [0.25, 0.3) is 44.9 Å². The van der Waals surface area contributed by atoms with Crippen LogP contribution in [0.3, 0.4) is 0 Å². The number of rotatable bonds is 4. The number of H-pyrrole nitrogens is 1. The Morgan fingerprint density at radius 3 is 1.70 bits per heavy atom. The minimum absolute atomic E-state index is 0.311. The molecule has 27 heteroatoms. The molecule has 0 aromatic carbocycles. The van der Waals surface area contributed by atoms with Crippen molar-refractivity contribution in [2.45, 2.75) is 40.8 Å². The van der Waals surface area contributed by atoms with Gasteiger partial charge in [0.15, 0.2) is 40.1 Å². The maximum absolute atomic E-state index is 8.59. The van der Waals surface area contributed by atoms with E-state index < -0.39 is 7.12 Å². The molecule has 0 fully saturated rings. The van der Waals surface area contributed by atoms with Crippen LogP contribution in [0, 0.1) is 21.5 Å². The normalized spacial score (nSPS) is 10.5. The number of aromatic amines is 1. The number of aryl methyl sites for hydroxylation is 4. The molecule has 60 heavy (non-hydrogen) atoms. The van der Waals surface area contributed by atoms with Gasteiger partial charge in [-0.2, -0.15) is 0 Å². The summed E-state index contributed by atoms with van der Waals surface area (Å²) in [6.45, 7) is 9.20. The number of fused-ring (bicyclic) bond motifs is 3. The van der Waals surface area contributed by atoms with E-state index in [1.165, 1.54) is 37.7 Å². The molecule has 0 atom stereocenters. The van der Waals surface area contributed by atoms with Crippen molar-refractivity contribution in [3.63, 3.8) is 0 Å². The van der Waals surface area contributed by atoms with Gasteiger partial charge in [-0.1, -0.05) is 34.8 Å². The molecule has 9 aromatic rings. The molecule has 0 unspecified atom stereocenters. The Morgan fingerprint density at radius 1 is 0.650 bits per heavy atom. The van der Waals surface area contributed by atoms with Crippen molar-refractivity contribution in [3.05, 3.63) is 102 Å². The van der Waals surface area contributed by atoms with Crippen LogP contribution in [-0.4, -0.2) is 106 Å². The Balaban J connectivity index is 0.000000148. The van der Waals surface area contributed by atoms with Gasteiger partial charge in [-0.3, -0.25) is 0 Å². The molecule has 308 valence electrons. The van der Waals surface area contributed by atoms with Crippen LogP contribution >= 0.6 is 95.9 Å². The molecule has 0 aliphatic heterocycles. The minimum Gasteiger partial charge on any atom is -0.423 e. The Labute approximate surface area is 391 Å². The first-order chi connectivity index (χ1) is 28.8. The summed E-state index contributed by atoms with van der Waals surface area (Å²) in [6, 6.07) is 0. The first kappa shape index (κ1) is 46.7. The zero-order valence-electron chi connectivity index (χ0n) is 31.5. The van der Waals surface area contributed by atoms with Gasteiger partial charge >= 0.3 is 7.12 Å². The van der Waals surface area contributed by atoms with Gasteiger partial charge in [-0.05, 0) is 43.6 Å². The summed E-state index contributed by atoms with van der Waals surface area (Å²) >= 11 is 25.0. The van der Waals surface area contributed by atoms with Gasteiger partial charge in [-0.15, -0.1) is 0 Å². The predicted molar refractivity (Wildman–Crippen MR) is 246 cm³/mol. The lowest BCUT2D eigenvalue weighted by molar-refractivity contribution is 0.425. The van der Waals surface area contributed by atoms with E-state index in [1.807, 2.05) is 29.9 Å². The molecule has 0 saturated heterocycles. The highest BCUT2D eigenvalue weighted by Gasteiger charge is 2.16. The van der Waals surface area contributed by atoms with E-state index in [-0.39, 0.29) is 0 Å². The number of aromatic nitrogens is 18. The first-order valence-electron chi connectivity index (χ1n) is 17.1. The summed E-state index contributed by atoms with van der Waals surface area (Å²) in [6.07, 6.45) is 15.5. The summed E-state index contributed by atoms with van der Waals surface area (Å²) in [5.41, 5.74) is 5.22. The fraction of sp³-hybridized carbons (Fsp3) is 0.182. The highest BCUT2D eigenvalue weighted by Crippen LogP contribution is 2.26. The van der Waals surface area contributed by atoms with Crippen molar-refractivity contribution in [2.24, 2.45) is 0 Å². The van der Waals surface area contributed by atoms with Gasteiger partial charge in [-0.25, -0.2) is 74.8 Å². The van der Waals surface area contributed by atoms with Crippen LogP contribution in [0.1, 0.15) is 25.5 Å². The molecule has 0 spiro atoms. The van der Waals surface area contributed by atoms with Crippen molar-refractivity contribution in [2.75, 3.05) is 0 Å². The molecule has 9 aromatic heterocycles. The molecule has 0 saturated carbocycles. The largest absolute Gasteiger partial charge is 0.491 e. The summed E-state index contributed by atoms with van der Waals surface area (Å²) in [5, 5.41) is 18.4. The van der Waals surface area contributed by atoms with Crippen molar-refractivity contribution < 1.29 is 10.0 Å². The van der Waals surface area contributed by atoms with Crippen molar-refractivity contribution in [1.29, 1.82) is 0 Å². The summed E-state index contributed by atoms with van der Waals surface area (Å²) in [7, 11) is -1.47. The van der Waals surface area contributed by atoms with E-state index in [4.69, 9.17) is 44.9 Å². The number of nitrogens with zero attached hydrogens (tertiary/aromatic N) is 17. The second-order valence-electron chi connectivity index (χ2n) is 11.4. The summed E-state index contributed by atoms with van der Waals surface area (Å²) in [5.74, 6) is 2.09. The van der Waals surface area contributed by atoms with E-state index in [1.54, 1.807) is 31.7 Å². The third-order valence-electron chi connectivity index (χ3n) is 7.46. The van der Waals surface area contributed by atoms with E-state index in [0.717, 1.165) is 53.7 Å². The minimum atomic E-state index is -1.47. The zero-order chi connectivity index (χ0) is 43.3. The van der Waals surface area contributed by atoms with Crippen LogP contribution in [-0.2, 0) is 13.1 Å². The fourth-order valence-electron chi connectivity index (χ4n) is 4.67. The van der Waals surface area contributed by atoms with Gasteiger partial charge in [0.2, 0.25) is 0 Å². The SMILES string of the molecule is Brc1cnc(I)nc1.CCn1c(-c2cnc(C)nc2)nc2c(Cl)ncnc21.CCn1c(I)nc2c(Cl)ncnc21.Cc1ncc(B(O)O)cn1.Clc1ncnc2nc[nH]c12. The number of imidazole rings is 3. The van der Waals surface area contributed by atoms with Gasteiger partial charge in [0.1, 0.15) is 53.0 Å². The number of halogens is 6. The highest BCUT2D eigenvalue weighted by molar-refractivity contribution is 14.1. The topological polar surface area (TPSA) is 259 Å². The monoisotopic (exact) mass is 1160 g/mol. The average Bonchev–Trinajstić information content (AvgIpc) is 3.97. The average molecular weight is 1160 g/mol. The van der Waals surface area contributed by atoms with Crippen molar-refractivity contribution in [1.82, 2.24) is 88.9 Å². The molecule has 0 aliphatic rings. The van der Waals surface area contributed by atoms with Gasteiger partial charge in [0, 0.05) is 101 Å².